The van der Waals surface area contributed by atoms with Crippen LogP contribution in [0.5, 0.6) is 0 Å². The Morgan fingerprint density at radius 1 is 1.50 bits per heavy atom. The maximum absolute atomic E-state index is 5.95. The number of halogens is 1. The number of pyridine rings is 1. The minimum Gasteiger partial charge on any atom is -0.337 e. The summed E-state index contributed by atoms with van der Waals surface area (Å²) in [5.74, 6) is 1.83. The van der Waals surface area contributed by atoms with Gasteiger partial charge in [-0.15, -0.1) is 0 Å². The average molecular weight is 285 g/mol. The fourth-order valence-electron chi connectivity index (χ4n) is 1.37. The minimum atomic E-state index is -0.231. The summed E-state index contributed by atoms with van der Waals surface area (Å²) in [6.45, 7) is 0. The fraction of sp³-hybridized carbons (Fsp3) is 0.364. The monoisotopic (exact) mass is 284 g/mol. The molecule has 0 aliphatic rings. The summed E-state index contributed by atoms with van der Waals surface area (Å²) < 4.78 is 5.14. The second-order valence-corrected chi connectivity index (χ2v) is 5.13. The summed E-state index contributed by atoms with van der Waals surface area (Å²) in [4.78, 5) is 8.37. The van der Waals surface area contributed by atoms with Crippen molar-refractivity contribution >= 4 is 23.4 Å². The maximum Gasteiger partial charge on any atom is 0.243 e. The fourth-order valence-corrected chi connectivity index (χ4v) is 1.97. The number of aromatic nitrogens is 3. The SMILES string of the molecule is CSCC[C@H](N)c1nc(-c2ccc(Cl)cn2)no1. The molecule has 0 bridgehead atoms. The van der Waals surface area contributed by atoms with E-state index in [0.29, 0.717) is 22.4 Å². The van der Waals surface area contributed by atoms with Gasteiger partial charge in [-0.3, -0.25) is 4.98 Å². The van der Waals surface area contributed by atoms with Crippen molar-refractivity contribution in [2.45, 2.75) is 12.5 Å². The van der Waals surface area contributed by atoms with Crippen molar-refractivity contribution in [3.8, 4) is 11.5 Å². The van der Waals surface area contributed by atoms with E-state index < -0.39 is 0 Å². The van der Waals surface area contributed by atoms with E-state index in [9.17, 15) is 0 Å². The Hall–Kier alpha value is -1.11. The normalized spacial score (nSPS) is 12.6. The van der Waals surface area contributed by atoms with E-state index in [1.54, 1.807) is 30.1 Å². The van der Waals surface area contributed by atoms with Gasteiger partial charge in [0, 0.05) is 6.20 Å². The molecule has 0 spiro atoms. The van der Waals surface area contributed by atoms with Crippen LogP contribution in [-0.2, 0) is 0 Å². The van der Waals surface area contributed by atoms with Gasteiger partial charge in [-0.05, 0) is 30.6 Å². The van der Waals surface area contributed by atoms with E-state index in [1.165, 1.54) is 0 Å². The van der Waals surface area contributed by atoms with Crippen LogP contribution in [0, 0.1) is 0 Å². The van der Waals surface area contributed by atoms with Crippen LogP contribution in [0.2, 0.25) is 5.02 Å². The van der Waals surface area contributed by atoms with Gasteiger partial charge in [0.05, 0.1) is 11.1 Å². The van der Waals surface area contributed by atoms with Gasteiger partial charge in [0.1, 0.15) is 5.69 Å². The zero-order valence-corrected chi connectivity index (χ0v) is 11.4. The predicted molar refractivity (Wildman–Crippen MR) is 72.5 cm³/mol. The quantitative estimate of drug-likeness (QED) is 0.909. The van der Waals surface area contributed by atoms with Gasteiger partial charge in [0.25, 0.3) is 0 Å². The summed E-state index contributed by atoms with van der Waals surface area (Å²) >= 11 is 7.50. The predicted octanol–water partition coefficient (Wildman–Crippen LogP) is 2.54. The van der Waals surface area contributed by atoms with Crippen LogP contribution in [-0.4, -0.2) is 27.1 Å². The van der Waals surface area contributed by atoms with E-state index in [1.807, 2.05) is 6.26 Å². The summed E-state index contributed by atoms with van der Waals surface area (Å²) in [5.41, 5.74) is 6.56. The first-order chi connectivity index (χ1) is 8.70. The Kier molecular flexibility index (Phi) is 4.57. The van der Waals surface area contributed by atoms with E-state index in [4.69, 9.17) is 21.9 Å². The van der Waals surface area contributed by atoms with Crippen LogP contribution in [0.3, 0.4) is 0 Å². The van der Waals surface area contributed by atoms with Gasteiger partial charge in [-0.2, -0.15) is 16.7 Å². The Bertz CT molecular complexity index is 502. The lowest BCUT2D eigenvalue weighted by Gasteiger charge is -2.03. The van der Waals surface area contributed by atoms with Crippen molar-refractivity contribution in [1.82, 2.24) is 15.1 Å². The van der Waals surface area contributed by atoms with E-state index >= 15 is 0 Å². The van der Waals surface area contributed by atoms with Crippen LogP contribution >= 0.6 is 23.4 Å². The van der Waals surface area contributed by atoms with Gasteiger partial charge >= 0.3 is 0 Å². The summed E-state index contributed by atoms with van der Waals surface area (Å²) in [5, 5.41) is 4.44. The molecule has 2 aromatic heterocycles. The smallest absolute Gasteiger partial charge is 0.243 e. The minimum absolute atomic E-state index is 0.231. The second-order valence-electron chi connectivity index (χ2n) is 3.71. The molecule has 2 aromatic rings. The van der Waals surface area contributed by atoms with Gasteiger partial charge in [0.15, 0.2) is 0 Å². The van der Waals surface area contributed by atoms with Crippen molar-refractivity contribution in [1.29, 1.82) is 0 Å². The highest BCUT2D eigenvalue weighted by Crippen LogP contribution is 2.19. The lowest BCUT2D eigenvalue weighted by molar-refractivity contribution is 0.353. The third-order valence-corrected chi connectivity index (χ3v) is 3.22. The Morgan fingerprint density at radius 3 is 3.00 bits per heavy atom. The molecule has 96 valence electrons. The number of rotatable bonds is 5. The number of nitrogens with two attached hydrogens (primary N) is 1. The summed E-state index contributed by atoms with van der Waals surface area (Å²) in [6.07, 6.45) is 4.38. The lowest BCUT2D eigenvalue weighted by Crippen LogP contribution is -2.11. The van der Waals surface area contributed by atoms with Crippen LogP contribution < -0.4 is 5.73 Å². The zero-order chi connectivity index (χ0) is 13.0. The molecule has 0 unspecified atom stereocenters. The highest BCUT2D eigenvalue weighted by molar-refractivity contribution is 7.98. The van der Waals surface area contributed by atoms with Crippen molar-refractivity contribution in [2.75, 3.05) is 12.0 Å². The van der Waals surface area contributed by atoms with Gasteiger partial charge < -0.3 is 10.3 Å². The molecule has 2 rings (SSSR count). The Balaban J connectivity index is 2.12. The summed E-state index contributed by atoms with van der Waals surface area (Å²) in [7, 11) is 0. The first-order valence-electron chi connectivity index (χ1n) is 5.40. The van der Waals surface area contributed by atoms with Crippen LogP contribution in [0.4, 0.5) is 0 Å². The third-order valence-electron chi connectivity index (χ3n) is 2.35. The van der Waals surface area contributed by atoms with E-state index in [0.717, 1.165) is 12.2 Å². The zero-order valence-electron chi connectivity index (χ0n) is 9.84. The molecule has 0 radical (unpaired) electrons. The first-order valence-corrected chi connectivity index (χ1v) is 7.18. The molecule has 0 aliphatic heterocycles. The molecule has 7 heteroatoms. The van der Waals surface area contributed by atoms with Crippen LogP contribution in [0.25, 0.3) is 11.5 Å². The molecular weight excluding hydrogens is 272 g/mol. The van der Waals surface area contributed by atoms with Gasteiger partial charge in [-0.25, -0.2) is 0 Å². The number of hydrogen-bond donors (Lipinski definition) is 1. The topological polar surface area (TPSA) is 77.8 Å². The standard InChI is InChI=1S/C11H13ClN4OS/c1-18-5-4-8(13)11-15-10(16-17-11)9-3-2-7(12)6-14-9/h2-3,6,8H,4-5,13H2,1H3/t8-/m0/s1. The molecule has 0 saturated carbocycles. The molecule has 5 nitrogen and oxygen atoms in total. The number of nitrogens with zero attached hydrogens (tertiary/aromatic N) is 3. The summed E-state index contributed by atoms with van der Waals surface area (Å²) in [6, 6.07) is 3.24. The molecule has 2 N–H and O–H groups in total. The van der Waals surface area contributed by atoms with Gasteiger partial charge in [-0.1, -0.05) is 16.8 Å². The molecule has 0 aliphatic carbocycles. The highest BCUT2D eigenvalue weighted by Gasteiger charge is 2.15. The second kappa shape index (κ2) is 6.17. The van der Waals surface area contributed by atoms with Crippen LogP contribution in [0.1, 0.15) is 18.4 Å². The van der Waals surface area contributed by atoms with Crippen LogP contribution in [0.15, 0.2) is 22.9 Å². The number of thioether (sulfide) groups is 1. The van der Waals surface area contributed by atoms with Crippen molar-refractivity contribution < 1.29 is 4.52 Å². The average Bonchev–Trinajstić information content (AvgIpc) is 2.86. The van der Waals surface area contributed by atoms with E-state index in [-0.39, 0.29) is 6.04 Å². The molecule has 0 saturated heterocycles. The third kappa shape index (κ3) is 3.22. The Labute approximate surface area is 114 Å². The molecule has 1 atom stereocenters. The van der Waals surface area contributed by atoms with E-state index in [2.05, 4.69) is 15.1 Å². The molecule has 0 amide bonds. The van der Waals surface area contributed by atoms with Crippen molar-refractivity contribution in [3.63, 3.8) is 0 Å². The molecule has 0 fully saturated rings. The molecule has 0 aromatic carbocycles. The highest BCUT2D eigenvalue weighted by atomic mass is 35.5. The first kappa shape index (κ1) is 13.3. The lowest BCUT2D eigenvalue weighted by atomic mass is 10.2. The molecule has 18 heavy (non-hydrogen) atoms. The van der Waals surface area contributed by atoms with Crippen molar-refractivity contribution in [3.05, 3.63) is 29.2 Å². The number of hydrogen-bond acceptors (Lipinski definition) is 6. The molecule has 2 heterocycles. The van der Waals surface area contributed by atoms with Crippen molar-refractivity contribution in [2.24, 2.45) is 5.73 Å². The van der Waals surface area contributed by atoms with Gasteiger partial charge in [0.2, 0.25) is 11.7 Å². The Morgan fingerprint density at radius 2 is 2.33 bits per heavy atom. The maximum atomic E-state index is 5.95. The largest absolute Gasteiger partial charge is 0.337 e. The molecular formula is C11H13ClN4OS.